The molecule has 0 unspecified atom stereocenters. The maximum Gasteiger partial charge on any atom is 0.255 e. The molecule has 1 atom stereocenters. The van der Waals surface area contributed by atoms with Gasteiger partial charge in [-0.05, 0) is 42.5 Å². The second-order valence-corrected chi connectivity index (χ2v) is 5.94. The first-order valence-corrected chi connectivity index (χ1v) is 8.10. The molecular formula is C19H22N2O2. The number of rotatable bonds is 5. The summed E-state index contributed by atoms with van der Waals surface area (Å²) < 4.78 is 0. The van der Waals surface area contributed by atoms with Crippen molar-refractivity contribution in [1.29, 1.82) is 0 Å². The molecule has 0 fully saturated rings. The highest BCUT2D eigenvalue weighted by atomic mass is 16.3. The maximum atomic E-state index is 12.0. The lowest BCUT2D eigenvalue weighted by atomic mass is 9.88. The summed E-state index contributed by atoms with van der Waals surface area (Å²) in [5.74, 6) is -0.222. The maximum absolute atomic E-state index is 12.0. The molecule has 120 valence electrons. The molecule has 0 spiro atoms. The van der Waals surface area contributed by atoms with Crippen molar-refractivity contribution in [3.63, 3.8) is 0 Å². The smallest absolute Gasteiger partial charge is 0.255 e. The van der Waals surface area contributed by atoms with Crippen LogP contribution in [0.2, 0.25) is 0 Å². The zero-order valence-electron chi connectivity index (χ0n) is 13.1. The number of phenolic OH excluding ortho intramolecular Hbond substituents is 1. The normalized spacial score (nSPS) is 16.6. The van der Waals surface area contributed by atoms with Gasteiger partial charge in [0.2, 0.25) is 0 Å². The summed E-state index contributed by atoms with van der Waals surface area (Å²) in [6.45, 7) is 1.28. The summed E-state index contributed by atoms with van der Waals surface area (Å²) in [4.78, 5) is 12.0. The van der Waals surface area contributed by atoms with E-state index in [0.717, 1.165) is 25.8 Å². The zero-order valence-corrected chi connectivity index (χ0v) is 13.1. The van der Waals surface area contributed by atoms with Crippen LogP contribution in [0.3, 0.4) is 0 Å². The number of phenols is 1. The highest BCUT2D eigenvalue weighted by molar-refractivity contribution is 5.96. The Kier molecular flexibility index (Phi) is 4.93. The Balaban J connectivity index is 1.43. The molecule has 0 saturated heterocycles. The molecule has 2 aromatic rings. The first-order chi connectivity index (χ1) is 11.2. The van der Waals surface area contributed by atoms with Crippen LogP contribution in [0.4, 0.5) is 0 Å². The number of carbonyl (C=O) groups excluding carboxylic acids is 1. The number of aromatic hydroxyl groups is 1. The van der Waals surface area contributed by atoms with E-state index in [1.54, 1.807) is 18.2 Å². The van der Waals surface area contributed by atoms with Crippen molar-refractivity contribution in [3.8, 4) is 5.75 Å². The second-order valence-electron chi connectivity index (χ2n) is 5.94. The third-order valence-corrected chi connectivity index (χ3v) is 4.34. The summed E-state index contributed by atoms with van der Waals surface area (Å²) in [5, 5.41) is 16.0. The fourth-order valence-corrected chi connectivity index (χ4v) is 3.09. The lowest BCUT2D eigenvalue weighted by molar-refractivity contribution is 0.0951. The summed E-state index contributed by atoms with van der Waals surface area (Å²) in [6, 6.07) is 15.6. The predicted molar refractivity (Wildman–Crippen MR) is 90.7 cm³/mol. The van der Waals surface area contributed by atoms with Crippen LogP contribution < -0.4 is 10.6 Å². The molecule has 3 rings (SSSR count). The molecule has 0 aliphatic heterocycles. The Morgan fingerprint density at radius 2 is 1.78 bits per heavy atom. The molecule has 4 heteroatoms. The minimum absolute atomic E-state index is 0.0156. The fraction of sp³-hybridized carbons (Fsp3) is 0.316. The van der Waals surface area contributed by atoms with Gasteiger partial charge < -0.3 is 15.7 Å². The number of para-hydroxylation sites is 1. The number of hydrogen-bond acceptors (Lipinski definition) is 3. The molecule has 0 heterocycles. The van der Waals surface area contributed by atoms with E-state index >= 15 is 0 Å². The van der Waals surface area contributed by atoms with Gasteiger partial charge in [-0.15, -0.1) is 0 Å². The molecule has 3 N–H and O–H groups in total. The van der Waals surface area contributed by atoms with Gasteiger partial charge in [-0.1, -0.05) is 36.4 Å². The highest BCUT2D eigenvalue weighted by Gasteiger charge is 2.17. The first kappa shape index (κ1) is 15.6. The van der Waals surface area contributed by atoms with Crippen LogP contribution >= 0.6 is 0 Å². The van der Waals surface area contributed by atoms with E-state index < -0.39 is 0 Å². The Morgan fingerprint density at radius 3 is 2.61 bits per heavy atom. The van der Waals surface area contributed by atoms with Crippen LogP contribution in [0, 0.1) is 0 Å². The summed E-state index contributed by atoms with van der Waals surface area (Å²) >= 11 is 0. The number of benzene rings is 2. The standard InChI is InChI=1S/C19H22N2O2/c22-18-8-4-3-7-17(18)19(23)21-12-11-20-16-10-9-14-5-1-2-6-15(14)13-16/h1-8,16,20,22H,9-13H2,(H,21,23)/t16-/m0/s1. The lowest BCUT2D eigenvalue weighted by Crippen LogP contribution is -2.39. The average molecular weight is 310 g/mol. The van der Waals surface area contributed by atoms with Gasteiger partial charge in [0.15, 0.2) is 0 Å². The molecule has 1 aliphatic carbocycles. The molecule has 0 bridgehead atoms. The second kappa shape index (κ2) is 7.29. The van der Waals surface area contributed by atoms with Gasteiger partial charge in [-0.2, -0.15) is 0 Å². The van der Waals surface area contributed by atoms with E-state index in [9.17, 15) is 9.90 Å². The minimum Gasteiger partial charge on any atom is -0.507 e. The minimum atomic E-state index is -0.237. The Morgan fingerprint density at radius 1 is 1.04 bits per heavy atom. The van der Waals surface area contributed by atoms with Crippen LogP contribution in [-0.2, 0) is 12.8 Å². The number of fused-ring (bicyclic) bond motifs is 1. The third-order valence-electron chi connectivity index (χ3n) is 4.34. The Labute approximate surface area is 136 Å². The monoisotopic (exact) mass is 310 g/mol. The van der Waals surface area contributed by atoms with Crippen molar-refractivity contribution < 1.29 is 9.90 Å². The van der Waals surface area contributed by atoms with E-state index in [1.165, 1.54) is 17.2 Å². The number of nitrogens with one attached hydrogen (secondary N) is 2. The molecule has 4 nitrogen and oxygen atoms in total. The van der Waals surface area contributed by atoms with Crippen molar-refractivity contribution in [3.05, 3.63) is 65.2 Å². The van der Waals surface area contributed by atoms with E-state index in [4.69, 9.17) is 0 Å². The van der Waals surface area contributed by atoms with Gasteiger partial charge in [-0.25, -0.2) is 0 Å². The number of hydrogen-bond donors (Lipinski definition) is 3. The molecule has 1 amide bonds. The number of aryl methyl sites for hydroxylation is 1. The molecule has 2 aromatic carbocycles. The van der Waals surface area contributed by atoms with Crippen LogP contribution in [0.1, 0.15) is 27.9 Å². The van der Waals surface area contributed by atoms with Crippen LogP contribution in [0.15, 0.2) is 48.5 Å². The molecule has 0 radical (unpaired) electrons. The highest BCUT2D eigenvalue weighted by Crippen LogP contribution is 2.20. The van der Waals surface area contributed by atoms with Gasteiger partial charge in [0.1, 0.15) is 5.75 Å². The van der Waals surface area contributed by atoms with Gasteiger partial charge in [-0.3, -0.25) is 4.79 Å². The lowest BCUT2D eigenvalue weighted by Gasteiger charge is -2.25. The molecule has 0 saturated carbocycles. The van der Waals surface area contributed by atoms with Crippen LogP contribution in [-0.4, -0.2) is 30.1 Å². The first-order valence-electron chi connectivity index (χ1n) is 8.10. The molecule has 1 aliphatic rings. The Hall–Kier alpha value is -2.33. The molecular weight excluding hydrogens is 288 g/mol. The zero-order chi connectivity index (χ0) is 16.1. The van der Waals surface area contributed by atoms with Crippen molar-refractivity contribution in [2.75, 3.05) is 13.1 Å². The fourth-order valence-electron chi connectivity index (χ4n) is 3.09. The van der Waals surface area contributed by atoms with Gasteiger partial charge >= 0.3 is 0 Å². The van der Waals surface area contributed by atoms with Gasteiger partial charge in [0.05, 0.1) is 5.56 Å². The van der Waals surface area contributed by atoms with Crippen molar-refractivity contribution in [2.45, 2.75) is 25.3 Å². The average Bonchev–Trinajstić information content (AvgIpc) is 2.59. The van der Waals surface area contributed by atoms with Crippen molar-refractivity contribution >= 4 is 5.91 Å². The van der Waals surface area contributed by atoms with Crippen LogP contribution in [0.25, 0.3) is 0 Å². The summed E-state index contributed by atoms with van der Waals surface area (Å²) in [5.41, 5.74) is 3.20. The SMILES string of the molecule is O=C(NCCN[C@H]1CCc2ccccc2C1)c1ccccc1O. The summed E-state index contributed by atoms with van der Waals surface area (Å²) in [6.07, 6.45) is 3.28. The van der Waals surface area contributed by atoms with E-state index in [2.05, 4.69) is 34.9 Å². The third kappa shape index (κ3) is 3.90. The van der Waals surface area contributed by atoms with E-state index in [-0.39, 0.29) is 11.7 Å². The summed E-state index contributed by atoms with van der Waals surface area (Å²) in [7, 11) is 0. The van der Waals surface area contributed by atoms with Gasteiger partial charge in [0, 0.05) is 19.1 Å². The van der Waals surface area contributed by atoms with Gasteiger partial charge in [0.25, 0.3) is 5.91 Å². The van der Waals surface area contributed by atoms with Crippen LogP contribution in [0.5, 0.6) is 5.75 Å². The van der Waals surface area contributed by atoms with Crippen molar-refractivity contribution in [1.82, 2.24) is 10.6 Å². The topological polar surface area (TPSA) is 61.4 Å². The molecule has 0 aromatic heterocycles. The van der Waals surface area contributed by atoms with Crippen molar-refractivity contribution in [2.24, 2.45) is 0 Å². The predicted octanol–water partition coefficient (Wildman–Crippen LogP) is 2.27. The Bertz CT molecular complexity index is 685. The van der Waals surface area contributed by atoms with E-state index in [0.29, 0.717) is 18.2 Å². The molecule has 23 heavy (non-hydrogen) atoms. The number of carbonyl (C=O) groups is 1. The largest absolute Gasteiger partial charge is 0.507 e. The number of amides is 1. The van der Waals surface area contributed by atoms with E-state index in [1.807, 2.05) is 0 Å². The quantitative estimate of drug-likeness (QED) is 0.743.